The molecule has 0 spiro atoms. The van der Waals surface area contributed by atoms with Crippen LogP contribution in [0.2, 0.25) is 0 Å². The molecule has 2 aromatic carbocycles. The predicted molar refractivity (Wildman–Crippen MR) is 85.6 cm³/mol. The Hall–Kier alpha value is -1.81. The molecule has 3 nitrogen and oxygen atoms in total. The fourth-order valence-electron chi connectivity index (χ4n) is 2.70. The fourth-order valence-corrected chi connectivity index (χ4v) is 3.11. The Labute approximate surface area is 132 Å². The topological polar surface area (TPSA) is 29.5 Å². The van der Waals surface area contributed by atoms with Crippen molar-refractivity contribution in [3.05, 3.63) is 63.6 Å². The lowest BCUT2D eigenvalue weighted by Gasteiger charge is -2.29. The smallest absolute Gasteiger partial charge is 0.254 e. The average Bonchev–Trinajstić information content (AvgIpc) is 2.51. The molecular weight excluding hydrogens is 330 g/mol. The molecule has 0 radical (unpaired) electrons. The van der Waals surface area contributed by atoms with E-state index in [1.807, 2.05) is 47.4 Å². The zero-order valence-corrected chi connectivity index (χ0v) is 13.4. The first kappa shape index (κ1) is 14.1. The lowest BCUT2D eigenvalue weighted by molar-refractivity contribution is 0.0726. The first-order chi connectivity index (χ1) is 10.2. The van der Waals surface area contributed by atoms with E-state index in [2.05, 4.69) is 15.9 Å². The van der Waals surface area contributed by atoms with E-state index in [1.54, 1.807) is 7.11 Å². The van der Waals surface area contributed by atoms with Gasteiger partial charge in [-0.05, 0) is 36.2 Å². The maximum Gasteiger partial charge on any atom is 0.254 e. The number of hydrogen-bond acceptors (Lipinski definition) is 2. The number of hydrogen-bond donors (Lipinski definition) is 0. The summed E-state index contributed by atoms with van der Waals surface area (Å²) in [6.45, 7) is 1.31. The molecule has 0 saturated heterocycles. The summed E-state index contributed by atoms with van der Waals surface area (Å²) in [6, 6.07) is 13.7. The maximum absolute atomic E-state index is 12.6. The fraction of sp³-hybridized carbons (Fsp3) is 0.235. The van der Waals surface area contributed by atoms with Crippen molar-refractivity contribution in [2.45, 2.75) is 13.0 Å². The van der Waals surface area contributed by atoms with E-state index in [0.717, 1.165) is 39.9 Å². The monoisotopic (exact) mass is 345 g/mol. The number of rotatable bonds is 3. The van der Waals surface area contributed by atoms with Gasteiger partial charge in [-0.3, -0.25) is 4.79 Å². The number of nitrogens with zero attached hydrogens (tertiary/aromatic N) is 1. The SMILES string of the molecule is COc1ccc(Br)cc1CN1CCc2ccccc2C1=O. The molecule has 4 heteroatoms. The highest BCUT2D eigenvalue weighted by molar-refractivity contribution is 9.10. The highest BCUT2D eigenvalue weighted by atomic mass is 79.9. The van der Waals surface area contributed by atoms with Crippen molar-refractivity contribution in [1.82, 2.24) is 4.90 Å². The molecule has 0 saturated carbocycles. The maximum atomic E-state index is 12.6. The van der Waals surface area contributed by atoms with Gasteiger partial charge in [0, 0.05) is 28.7 Å². The van der Waals surface area contributed by atoms with Gasteiger partial charge in [0.2, 0.25) is 0 Å². The van der Waals surface area contributed by atoms with Crippen LogP contribution in [0.15, 0.2) is 46.9 Å². The van der Waals surface area contributed by atoms with Crippen molar-refractivity contribution in [1.29, 1.82) is 0 Å². The van der Waals surface area contributed by atoms with Crippen molar-refractivity contribution in [3.8, 4) is 5.75 Å². The normalized spacial score (nSPS) is 14.0. The molecule has 0 bridgehead atoms. The molecular formula is C17H16BrNO2. The summed E-state index contributed by atoms with van der Waals surface area (Å²) in [5.41, 5.74) is 2.97. The van der Waals surface area contributed by atoms with Crippen LogP contribution in [0.1, 0.15) is 21.5 Å². The second-order valence-corrected chi connectivity index (χ2v) is 6.01. The highest BCUT2D eigenvalue weighted by Gasteiger charge is 2.24. The van der Waals surface area contributed by atoms with Crippen molar-refractivity contribution < 1.29 is 9.53 Å². The van der Waals surface area contributed by atoms with Crippen LogP contribution in [-0.4, -0.2) is 24.5 Å². The minimum absolute atomic E-state index is 0.0962. The van der Waals surface area contributed by atoms with E-state index in [4.69, 9.17) is 4.74 Å². The van der Waals surface area contributed by atoms with Gasteiger partial charge in [0.25, 0.3) is 5.91 Å². The number of carbonyl (C=O) groups excluding carboxylic acids is 1. The van der Waals surface area contributed by atoms with Crippen molar-refractivity contribution in [2.24, 2.45) is 0 Å². The first-order valence-electron chi connectivity index (χ1n) is 6.88. The zero-order chi connectivity index (χ0) is 14.8. The van der Waals surface area contributed by atoms with Gasteiger partial charge >= 0.3 is 0 Å². The number of fused-ring (bicyclic) bond motifs is 1. The summed E-state index contributed by atoms with van der Waals surface area (Å²) >= 11 is 3.47. The second-order valence-electron chi connectivity index (χ2n) is 5.09. The zero-order valence-electron chi connectivity index (χ0n) is 11.8. The van der Waals surface area contributed by atoms with E-state index in [9.17, 15) is 4.79 Å². The molecule has 0 fully saturated rings. The summed E-state index contributed by atoms with van der Waals surface area (Å²) in [5.74, 6) is 0.906. The predicted octanol–water partition coefficient (Wildman–Crippen LogP) is 3.66. The lowest BCUT2D eigenvalue weighted by Crippen LogP contribution is -2.37. The van der Waals surface area contributed by atoms with E-state index < -0.39 is 0 Å². The lowest BCUT2D eigenvalue weighted by atomic mass is 9.98. The number of amides is 1. The minimum Gasteiger partial charge on any atom is -0.496 e. The van der Waals surface area contributed by atoms with Gasteiger partial charge in [0.1, 0.15) is 5.75 Å². The molecule has 1 aliphatic heterocycles. The Morgan fingerprint density at radius 1 is 1.24 bits per heavy atom. The molecule has 1 aliphatic rings. The summed E-state index contributed by atoms with van der Waals surface area (Å²) in [6.07, 6.45) is 0.901. The largest absolute Gasteiger partial charge is 0.496 e. The third-order valence-corrected chi connectivity index (χ3v) is 4.28. The molecule has 1 amide bonds. The number of benzene rings is 2. The Kier molecular flexibility index (Phi) is 3.97. The van der Waals surface area contributed by atoms with Gasteiger partial charge in [0.15, 0.2) is 0 Å². The van der Waals surface area contributed by atoms with Crippen LogP contribution < -0.4 is 4.74 Å². The third-order valence-electron chi connectivity index (χ3n) is 3.79. The van der Waals surface area contributed by atoms with Crippen LogP contribution in [0.3, 0.4) is 0 Å². The average molecular weight is 346 g/mol. The Morgan fingerprint density at radius 2 is 2.05 bits per heavy atom. The summed E-state index contributed by atoms with van der Waals surface area (Å²) in [7, 11) is 1.65. The van der Waals surface area contributed by atoms with Gasteiger partial charge in [-0.15, -0.1) is 0 Å². The van der Waals surface area contributed by atoms with E-state index >= 15 is 0 Å². The van der Waals surface area contributed by atoms with Gasteiger partial charge in [-0.1, -0.05) is 34.1 Å². The number of methoxy groups -OCH3 is 1. The standard InChI is InChI=1S/C17H16BrNO2/c1-21-16-7-6-14(18)10-13(16)11-19-9-8-12-4-2-3-5-15(12)17(19)20/h2-7,10H,8-9,11H2,1H3. The van der Waals surface area contributed by atoms with E-state index in [0.29, 0.717) is 6.54 Å². The molecule has 21 heavy (non-hydrogen) atoms. The molecule has 0 aromatic heterocycles. The first-order valence-corrected chi connectivity index (χ1v) is 7.68. The van der Waals surface area contributed by atoms with E-state index in [-0.39, 0.29) is 5.91 Å². The number of carbonyl (C=O) groups is 1. The van der Waals surface area contributed by atoms with Gasteiger partial charge in [-0.2, -0.15) is 0 Å². The third kappa shape index (κ3) is 2.81. The molecule has 0 unspecified atom stereocenters. The summed E-state index contributed by atoms with van der Waals surface area (Å²) in [4.78, 5) is 14.5. The van der Waals surface area contributed by atoms with Crippen LogP contribution in [-0.2, 0) is 13.0 Å². The van der Waals surface area contributed by atoms with Crippen molar-refractivity contribution >= 4 is 21.8 Å². The molecule has 0 atom stereocenters. The molecule has 108 valence electrons. The molecule has 0 N–H and O–H groups in total. The van der Waals surface area contributed by atoms with Gasteiger partial charge < -0.3 is 9.64 Å². The molecule has 0 aliphatic carbocycles. The van der Waals surface area contributed by atoms with Crippen LogP contribution in [0.5, 0.6) is 5.75 Å². The highest BCUT2D eigenvalue weighted by Crippen LogP contribution is 2.27. The van der Waals surface area contributed by atoms with Crippen LogP contribution in [0.25, 0.3) is 0 Å². The minimum atomic E-state index is 0.0962. The molecule has 1 heterocycles. The Morgan fingerprint density at radius 3 is 2.86 bits per heavy atom. The summed E-state index contributed by atoms with van der Waals surface area (Å²) < 4.78 is 6.38. The number of ether oxygens (including phenoxy) is 1. The van der Waals surface area contributed by atoms with Gasteiger partial charge in [0.05, 0.1) is 7.11 Å². The number of halogens is 1. The molecule has 3 rings (SSSR count). The van der Waals surface area contributed by atoms with Crippen molar-refractivity contribution in [2.75, 3.05) is 13.7 Å². The van der Waals surface area contributed by atoms with Crippen molar-refractivity contribution in [3.63, 3.8) is 0 Å². The Bertz CT molecular complexity index is 684. The quantitative estimate of drug-likeness (QED) is 0.849. The molecule has 2 aromatic rings. The van der Waals surface area contributed by atoms with E-state index in [1.165, 1.54) is 0 Å². The van der Waals surface area contributed by atoms with Crippen LogP contribution in [0, 0.1) is 0 Å². The van der Waals surface area contributed by atoms with Crippen LogP contribution in [0.4, 0.5) is 0 Å². The Balaban J connectivity index is 1.87. The van der Waals surface area contributed by atoms with Gasteiger partial charge in [-0.25, -0.2) is 0 Å². The van der Waals surface area contributed by atoms with Crippen LogP contribution >= 0.6 is 15.9 Å². The summed E-state index contributed by atoms with van der Waals surface area (Å²) in [5, 5.41) is 0. The second kappa shape index (κ2) is 5.90.